The van der Waals surface area contributed by atoms with Crippen LogP contribution in [-0.4, -0.2) is 98.3 Å². The van der Waals surface area contributed by atoms with Crippen LogP contribution in [0.2, 0.25) is 0 Å². The Morgan fingerprint density at radius 1 is 0.525 bits per heavy atom. The molecule has 0 radical (unpaired) electrons. The second-order valence-corrected chi connectivity index (χ2v) is 17.3. The largest absolute Gasteiger partial charge is 0.472 e. The molecule has 0 spiro atoms. The molecule has 0 aliphatic heterocycles. The van der Waals surface area contributed by atoms with Gasteiger partial charge >= 0.3 is 19.8 Å². The minimum absolute atomic E-state index is 0.0833. The maximum Gasteiger partial charge on any atom is 0.472 e. The normalized spacial score (nSPS) is 22.6. The molecule has 1 aliphatic carbocycles. The molecule has 0 aromatic rings. The van der Waals surface area contributed by atoms with E-state index in [-0.39, 0.29) is 12.8 Å². The fourth-order valence-corrected chi connectivity index (χ4v) is 7.74. The zero-order valence-electron chi connectivity index (χ0n) is 36.3. The predicted octanol–water partition coefficient (Wildman–Crippen LogP) is 8.61. The molecule has 13 nitrogen and oxygen atoms in total. The third-order valence-corrected chi connectivity index (χ3v) is 11.5. The summed E-state index contributed by atoms with van der Waals surface area (Å²) in [6.45, 7) is 3.24. The molecule has 0 amide bonds. The number of carbonyl (C=O) groups is 2. The predicted molar refractivity (Wildman–Crippen MR) is 230 cm³/mol. The summed E-state index contributed by atoms with van der Waals surface area (Å²) in [6.07, 6.45) is 26.3. The Kier molecular flexibility index (Phi) is 33.3. The van der Waals surface area contributed by atoms with Crippen molar-refractivity contribution >= 4 is 19.8 Å². The molecular formula is C45H81O13P. The molecule has 14 heteroatoms. The van der Waals surface area contributed by atoms with Gasteiger partial charge in [-0.3, -0.25) is 18.6 Å². The van der Waals surface area contributed by atoms with Crippen molar-refractivity contribution in [3.8, 4) is 0 Å². The summed E-state index contributed by atoms with van der Waals surface area (Å²) in [6, 6.07) is 0. The second-order valence-electron chi connectivity index (χ2n) is 15.9. The van der Waals surface area contributed by atoms with Crippen molar-refractivity contribution in [2.24, 2.45) is 0 Å². The van der Waals surface area contributed by atoms with Gasteiger partial charge in [-0.15, -0.1) is 0 Å². The molecule has 6 N–H and O–H groups in total. The van der Waals surface area contributed by atoms with Crippen LogP contribution in [0.4, 0.5) is 0 Å². The van der Waals surface area contributed by atoms with E-state index in [2.05, 4.69) is 50.3 Å². The van der Waals surface area contributed by atoms with Crippen molar-refractivity contribution in [3.05, 3.63) is 36.5 Å². The van der Waals surface area contributed by atoms with Crippen molar-refractivity contribution in [1.29, 1.82) is 0 Å². The molecule has 6 atom stereocenters. The summed E-state index contributed by atoms with van der Waals surface area (Å²) in [7, 11) is -5.12. The van der Waals surface area contributed by atoms with E-state index in [1.165, 1.54) is 64.2 Å². The van der Waals surface area contributed by atoms with E-state index in [1.54, 1.807) is 0 Å². The Bertz CT molecular complexity index is 1180. The molecular weight excluding hydrogens is 779 g/mol. The Balaban J connectivity index is 2.46. The Labute approximate surface area is 355 Å². The van der Waals surface area contributed by atoms with Crippen molar-refractivity contribution in [2.45, 2.75) is 224 Å². The lowest BCUT2D eigenvalue weighted by Crippen LogP contribution is -2.64. The molecule has 1 fully saturated rings. The molecule has 0 aromatic carbocycles. The number of ether oxygens (including phenoxy) is 2. The van der Waals surface area contributed by atoms with Crippen LogP contribution in [0, 0.1) is 0 Å². The van der Waals surface area contributed by atoms with Gasteiger partial charge in [0.1, 0.15) is 43.2 Å². The first-order chi connectivity index (χ1) is 28.4. The van der Waals surface area contributed by atoms with Gasteiger partial charge in [-0.05, 0) is 51.4 Å². The average Bonchev–Trinajstić information content (AvgIpc) is 3.21. The highest BCUT2D eigenvalue weighted by molar-refractivity contribution is 7.47. The summed E-state index contributed by atoms with van der Waals surface area (Å²) in [5, 5.41) is 50.1. The maximum atomic E-state index is 12.8. The monoisotopic (exact) mass is 861 g/mol. The van der Waals surface area contributed by atoms with Crippen LogP contribution < -0.4 is 0 Å². The van der Waals surface area contributed by atoms with E-state index >= 15 is 0 Å². The lowest BCUT2D eigenvalue weighted by molar-refractivity contribution is -0.220. The van der Waals surface area contributed by atoms with E-state index < -0.39 is 75.7 Å². The number of phosphoric ester groups is 1. The molecule has 0 heterocycles. The highest BCUT2D eigenvalue weighted by Gasteiger charge is 2.51. The van der Waals surface area contributed by atoms with Crippen LogP contribution in [0.3, 0.4) is 0 Å². The standard InChI is InChI=1S/C45H81O13P/c1-3-5-7-9-11-13-15-16-17-18-19-20-21-22-24-26-28-30-32-34-39(47)57-37(35-55-38(46)33-31-29-27-25-23-14-12-10-8-6-4-2)36-56-59(53,54)58-45-43(51)41(49)40(48)42(50)44(45)52/h11,13,16-17,19-20,37,40-45,48-52H,3-10,12,14-15,18,21-36H2,1-2H3,(H,53,54)/b13-11-,17-16-,20-19-. The Morgan fingerprint density at radius 3 is 1.42 bits per heavy atom. The van der Waals surface area contributed by atoms with Crippen LogP contribution in [-0.2, 0) is 32.7 Å². The van der Waals surface area contributed by atoms with Gasteiger partial charge in [0.15, 0.2) is 6.10 Å². The number of rotatable bonds is 37. The fraction of sp³-hybridized carbons (Fsp3) is 0.822. The summed E-state index contributed by atoms with van der Waals surface area (Å²) < 4.78 is 33.5. The third kappa shape index (κ3) is 28.3. The van der Waals surface area contributed by atoms with Crippen molar-refractivity contribution < 1.29 is 63.1 Å². The quantitative estimate of drug-likeness (QED) is 0.0150. The molecule has 0 aromatic heterocycles. The van der Waals surface area contributed by atoms with Gasteiger partial charge in [-0.1, -0.05) is 153 Å². The Morgan fingerprint density at radius 2 is 0.915 bits per heavy atom. The zero-order valence-corrected chi connectivity index (χ0v) is 37.2. The molecule has 1 saturated carbocycles. The zero-order chi connectivity index (χ0) is 43.6. The van der Waals surface area contributed by atoms with Crippen LogP contribution in [0.25, 0.3) is 0 Å². The molecule has 1 aliphatic rings. The van der Waals surface area contributed by atoms with Crippen LogP contribution in [0.1, 0.15) is 181 Å². The minimum Gasteiger partial charge on any atom is -0.462 e. The summed E-state index contributed by atoms with van der Waals surface area (Å²) in [5.41, 5.74) is 0. The number of allylic oxidation sites excluding steroid dienone is 6. The third-order valence-electron chi connectivity index (χ3n) is 10.5. The van der Waals surface area contributed by atoms with E-state index in [0.717, 1.165) is 77.0 Å². The molecule has 59 heavy (non-hydrogen) atoms. The minimum atomic E-state index is -5.12. The lowest BCUT2D eigenvalue weighted by Gasteiger charge is -2.41. The first-order valence-corrected chi connectivity index (χ1v) is 24.3. The molecule has 1 rings (SSSR count). The first kappa shape index (κ1) is 55.1. The fourth-order valence-electron chi connectivity index (χ4n) is 6.76. The number of hydrogen-bond donors (Lipinski definition) is 6. The number of hydrogen-bond acceptors (Lipinski definition) is 12. The van der Waals surface area contributed by atoms with Gasteiger partial charge in [-0.25, -0.2) is 4.57 Å². The van der Waals surface area contributed by atoms with Gasteiger partial charge in [-0.2, -0.15) is 0 Å². The summed E-state index contributed by atoms with van der Waals surface area (Å²) in [5.74, 6) is -1.11. The van der Waals surface area contributed by atoms with Crippen molar-refractivity contribution in [3.63, 3.8) is 0 Å². The first-order valence-electron chi connectivity index (χ1n) is 22.8. The van der Waals surface area contributed by atoms with Crippen molar-refractivity contribution in [1.82, 2.24) is 0 Å². The molecule has 6 unspecified atom stereocenters. The van der Waals surface area contributed by atoms with Gasteiger partial charge in [0.25, 0.3) is 0 Å². The maximum absolute atomic E-state index is 12.8. The second kappa shape index (κ2) is 35.6. The SMILES string of the molecule is CCCCC/C=C\C/C=C\C/C=C\CCCCCCCCC(=O)OC(COC(=O)CCCCCCCCCCCCC)COP(=O)(O)OC1C(O)C(O)C(O)C(O)C1O. The van der Waals surface area contributed by atoms with Crippen LogP contribution in [0.5, 0.6) is 0 Å². The topological polar surface area (TPSA) is 210 Å². The number of phosphoric acid groups is 1. The van der Waals surface area contributed by atoms with Crippen molar-refractivity contribution in [2.75, 3.05) is 13.2 Å². The smallest absolute Gasteiger partial charge is 0.462 e. The van der Waals surface area contributed by atoms with Gasteiger partial charge in [0.2, 0.25) is 0 Å². The number of esters is 2. The van der Waals surface area contributed by atoms with Gasteiger partial charge < -0.3 is 39.9 Å². The molecule has 0 bridgehead atoms. The summed E-state index contributed by atoms with van der Waals surface area (Å²) in [4.78, 5) is 35.6. The highest BCUT2D eigenvalue weighted by Crippen LogP contribution is 2.47. The van der Waals surface area contributed by atoms with E-state index in [1.807, 2.05) is 0 Å². The highest BCUT2D eigenvalue weighted by atomic mass is 31.2. The van der Waals surface area contributed by atoms with E-state index in [4.69, 9.17) is 18.5 Å². The lowest BCUT2D eigenvalue weighted by atomic mass is 9.85. The number of unbranched alkanes of at least 4 members (excludes halogenated alkanes) is 19. The summed E-state index contributed by atoms with van der Waals surface area (Å²) >= 11 is 0. The van der Waals surface area contributed by atoms with Gasteiger partial charge in [0.05, 0.1) is 6.61 Å². The van der Waals surface area contributed by atoms with Gasteiger partial charge in [0, 0.05) is 12.8 Å². The van der Waals surface area contributed by atoms with Crippen LogP contribution >= 0.6 is 7.82 Å². The average molecular weight is 861 g/mol. The molecule has 0 saturated heterocycles. The number of carbonyl (C=O) groups excluding carboxylic acids is 2. The van der Waals surface area contributed by atoms with E-state index in [9.17, 15) is 44.6 Å². The molecule has 344 valence electrons. The number of aliphatic hydroxyl groups excluding tert-OH is 5. The number of aliphatic hydroxyl groups is 5. The van der Waals surface area contributed by atoms with E-state index in [0.29, 0.717) is 12.8 Å². The Hall–Kier alpha value is -1.93. The van der Waals surface area contributed by atoms with Crippen LogP contribution in [0.15, 0.2) is 36.5 Å².